The first-order valence-corrected chi connectivity index (χ1v) is 8.22. The van der Waals surface area contributed by atoms with Crippen molar-refractivity contribution in [2.45, 2.75) is 19.0 Å². The second kappa shape index (κ2) is 9.91. The molecule has 3 N–H and O–H groups in total. The Morgan fingerprint density at radius 2 is 1.78 bits per heavy atom. The van der Waals surface area contributed by atoms with Gasteiger partial charge in [0.05, 0.1) is 12.0 Å². The van der Waals surface area contributed by atoms with Crippen molar-refractivity contribution in [3.8, 4) is 0 Å². The van der Waals surface area contributed by atoms with Crippen LogP contribution in [0.15, 0.2) is 24.3 Å². The molecule has 2 amide bonds. The summed E-state index contributed by atoms with van der Waals surface area (Å²) in [6, 6.07) is 5.71. The second-order valence-electron chi connectivity index (χ2n) is 6.29. The Morgan fingerprint density at radius 1 is 1.19 bits per heavy atom. The molecule has 0 saturated carbocycles. The van der Waals surface area contributed by atoms with Gasteiger partial charge in [-0.25, -0.2) is 0 Å². The summed E-state index contributed by atoms with van der Waals surface area (Å²) in [4.78, 5) is 24.4. The van der Waals surface area contributed by atoms with Gasteiger partial charge in [-0.2, -0.15) is 13.2 Å². The van der Waals surface area contributed by atoms with Gasteiger partial charge in [0.15, 0.2) is 0 Å². The van der Waals surface area contributed by atoms with Crippen LogP contribution in [0.2, 0.25) is 0 Å². The molecule has 152 valence electrons. The number of amides is 2. The SMILES string of the molecule is COCC1(C(=O)Nc2ccc(C(=O)NCC(F)(F)F)cc2)CCNCC1.Cl. The zero-order valence-electron chi connectivity index (χ0n) is 14.8. The number of hydrogen-bond acceptors (Lipinski definition) is 4. The molecule has 6 nitrogen and oxygen atoms in total. The largest absolute Gasteiger partial charge is 0.405 e. The van der Waals surface area contributed by atoms with E-state index in [1.165, 1.54) is 24.3 Å². The van der Waals surface area contributed by atoms with E-state index in [0.29, 0.717) is 25.1 Å². The van der Waals surface area contributed by atoms with Crippen molar-refractivity contribution < 1.29 is 27.5 Å². The van der Waals surface area contributed by atoms with Gasteiger partial charge in [-0.05, 0) is 50.2 Å². The third-order valence-electron chi connectivity index (χ3n) is 4.32. The maximum Gasteiger partial charge on any atom is 0.405 e. The van der Waals surface area contributed by atoms with Crippen LogP contribution in [0, 0.1) is 5.41 Å². The topological polar surface area (TPSA) is 79.5 Å². The third kappa shape index (κ3) is 6.67. The van der Waals surface area contributed by atoms with Crippen molar-refractivity contribution in [3.05, 3.63) is 29.8 Å². The summed E-state index contributed by atoms with van der Waals surface area (Å²) in [6.45, 7) is 0.348. The summed E-state index contributed by atoms with van der Waals surface area (Å²) < 4.78 is 41.6. The van der Waals surface area contributed by atoms with Gasteiger partial charge in [0.1, 0.15) is 6.54 Å². The van der Waals surface area contributed by atoms with E-state index in [-0.39, 0.29) is 23.9 Å². The summed E-state index contributed by atoms with van der Waals surface area (Å²) in [5.41, 5.74) is -0.0694. The lowest BCUT2D eigenvalue weighted by Gasteiger charge is -2.35. The first-order valence-electron chi connectivity index (χ1n) is 8.22. The van der Waals surface area contributed by atoms with Crippen LogP contribution < -0.4 is 16.0 Å². The van der Waals surface area contributed by atoms with Crippen LogP contribution in [0.4, 0.5) is 18.9 Å². The van der Waals surface area contributed by atoms with Gasteiger partial charge >= 0.3 is 6.18 Å². The molecule has 1 saturated heterocycles. The molecule has 10 heteroatoms. The maximum absolute atomic E-state index is 12.7. The second-order valence-corrected chi connectivity index (χ2v) is 6.29. The summed E-state index contributed by atoms with van der Waals surface area (Å²) in [5.74, 6) is -0.996. The minimum atomic E-state index is -4.46. The van der Waals surface area contributed by atoms with Crippen LogP contribution in [0.1, 0.15) is 23.2 Å². The smallest absolute Gasteiger partial charge is 0.384 e. The number of piperidine rings is 1. The number of ether oxygens (including phenoxy) is 1. The van der Waals surface area contributed by atoms with Crippen LogP contribution in [0.25, 0.3) is 0 Å². The van der Waals surface area contributed by atoms with E-state index in [0.717, 1.165) is 13.1 Å². The van der Waals surface area contributed by atoms with E-state index in [2.05, 4.69) is 10.6 Å². The Balaban J connectivity index is 0.00000364. The highest BCUT2D eigenvalue weighted by Gasteiger charge is 2.39. The number of carbonyl (C=O) groups excluding carboxylic acids is 2. The standard InChI is InChI=1S/C17H22F3N3O3.ClH/c1-26-11-16(6-8-21-9-7-16)15(25)23-13-4-2-12(3-5-13)14(24)22-10-17(18,19)20;/h2-5,21H,6-11H2,1H3,(H,22,24)(H,23,25);1H. The van der Waals surface area contributed by atoms with Crippen LogP contribution in [-0.4, -0.2) is 51.3 Å². The predicted molar refractivity (Wildman–Crippen MR) is 97.1 cm³/mol. The van der Waals surface area contributed by atoms with Gasteiger partial charge in [-0.1, -0.05) is 0 Å². The molecule has 0 spiro atoms. The Hall–Kier alpha value is -1.84. The van der Waals surface area contributed by atoms with Gasteiger partial charge in [0, 0.05) is 18.4 Å². The molecule has 2 rings (SSSR count). The molecule has 0 bridgehead atoms. The van der Waals surface area contributed by atoms with Crippen LogP contribution >= 0.6 is 12.4 Å². The molecular formula is C17H23ClF3N3O3. The first kappa shape index (κ1) is 23.2. The van der Waals surface area contributed by atoms with E-state index in [9.17, 15) is 22.8 Å². The Bertz CT molecular complexity index is 627. The summed E-state index contributed by atoms with van der Waals surface area (Å²) in [6.07, 6.45) is -3.18. The quantitative estimate of drug-likeness (QED) is 0.674. The molecule has 1 aromatic carbocycles. The van der Waals surface area contributed by atoms with Crippen LogP contribution in [-0.2, 0) is 9.53 Å². The molecule has 0 aromatic heterocycles. The number of methoxy groups -OCH3 is 1. The summed E-state index contributed by atoms with van der Waals surface area (Å²) in [5, 5.41) is 7.80. The number of halogens is 4. The van der Waals surface area contributed by atoms with Crippen molar-refractivity contribution in [1.29, 1.82) is 0 Å². The lowest BCUT2D eigenvalue weighted by molar-refractivity contribution is -0.130. The van der Waals surface area contributed by atoms with Gasteiger partial charge in [0.25, 0.3) is 5.91 Å². The molecule has 0 radical (unpaired) electrons. The fourth-order valence-corrected chi connectivity index (χ4v) is 2.87. The molecule has 0 aliphatic carbocycles. The van der Waals surface area contributed by atoms with Gasteiger partial charge in [-0.3, -0.25) is 9.59 Å². The summed E-state index contributed by atoms with van der Waals surface area (Å²) >= 11 is 0. The highest BCUT2D eigenvalue weighted by Crippen LogP contribution is 2.31. The Labute approximate surface area is 161 Å². The van der Waals surface area contributed by atoms with E-state index < -0.39 is 24.0 Å². The van der Waals surface area contributed by atoms with Gasteiger partial charge in [-0.15, -0.1) is 12.4 Å². The van der Waals surface area contributed by atoms with Crippen molar-refractivity contribution >= 4 is 29.9 Å². The summed E-state index contributed by atoms with van der Waals surface area (Å²) in [7, 11) is 1.55. The highest BCUT2D eigenvalue weighted by molar-refractivity contribution is 5.97. The Morgan fingerprint density at radius 3 is 2.30 bits per heavy atom. The van der Waals surface area contributed by atoms with Crippen LogP contribution in [0.5, 0.6) is 0 Å². The number of anilines is 1. The van der Waals surface area contributed by atoms with Crippen molar-refractivity contribution in [2.75, 3.05) is 38.7 Å². The number of nitrogens with one attached hydrogen (secondary N) is 3. The molecule has 0 atom stereocenters. The van der Waals surface area contributed by atoms with Crippen molar-refractivity contribution in [3.63, 3.8) is 0 Å². The van der Waals surface area contributed by atoms with Crippen molar-refractivity contribution in [2.24, 2.45) is 5.41 Å². The minimum absolute atomic E-state index is 0. The lowest BCUT2D eigenvalue weighted by Crippen LogP contribution is -2.47. The first-order chi connectivity index (χ1) is 12.3. The molecule has 1 fully saturated rings. The fourth-order valence-electron chi connectivity index (χ4n) is 2.87. The number of hydrogen-bond donors (Lipinski definition) is 3. The zero-order valence-corrected chi connectivity index (χ0v) is 15.6. The molecule has 1 aliphatic heterocycles. The zero-order chi connectivity index (χ0) is 19.2. The Kier molecular flexibility index (Phi) is 8.52. The number of benzene rings is 1. The molecule has 0 unspecified atom stereocenters. The lowest BCUT2D eigenvalue weighted by atomic mass is 9.78. The van der Waals surface area contributed by atoms with Gasteiger partial charge in [0.2, 0.25) is 5.91 Å². The third-order valence-corrected chi connectivity index (χ3v) is 4.32. The normalized spacial score (nSPS) is 16.1. The molecular weight excluding hydrogens is 387 g/mol. The molecule has 1 aliphatic rings. The van der Waals surface area contributed by atoms with Crippen LogP contribution in [0.3, 0.4) is 0 Å². The van der Waals surface area contributed by atoms with E-state index in [4.69, 9.17) is 4.74 Å². The average Bonchev–Trinajstić information content (AvgIpc) is 2.60. The fraction of sp³-hybridized carbons (Fsp3) is 0.529. The van der Waals surface area contributed by atoms with Crippen molar-refractivity contribution in [1.82, 2.24) is 10.6 Å². The number of carbonyl (C=O) groups is 2. The number of rotatable bonds is 6. The van der Waals surface area contributed by atoms with E-state index in [1.807, 2.05) is 0 Å². The van der Waals surface area contributed by atoms with Gasteiger partial charge < -0.3 is 20.7 Å². The minimum Gasteiger partial charge on any atom is -0.384 e. The average molecular weight is 410 g/mol. The molecule has 1 heterocycles. The highest BCUT2D eigenvalue weighted by atomic mass is 35.5. The molecule has 27 heavy (non-hydrogen) atoms. The molecule has 1 aromatic rings. The van der Waals surface area contributed by atoms with E-state index >= 15 is 0 Å². The maximum atomic E-state index is 12.7. The number of alkyl halides is 3. The monoisotopic (exact) mass is 409 g/mol. The van der Waals surface area contributed by atoms with E-state index in [1.54, 1.807) is 12.4 Å². The predicted octanol–water partition coefficient (Wildman–Crippen LogP) is 2.36.